The van der Waals surface area contributed by atoms with E-state index in [0.29, 0.717) is 23.5 Å². The van der Waals surface area contributed by atoms with Crippen LogP contribution >= 0.6 is 22.9 Å². The Morgan fingerprint density at radius 1 is 1.53 bits per heavy atom. The van der Waals surface area contributed by atoms with Crippen molar-refractivity contribution >= 4 is 29.0 Å². The van der Waals surface area contributed by atoms with E-state index in [-0.39, 0.29) is 6.09 Å². The molecule has 6 heteroatoms. The third-order valence-electron chi connectivity index (χ3n) is 2.11. The number of halogens is 1. The minimum absolute atomic E-state index is 0.300. The van der Waals surface area contributed by atoms with Crippen LogP contribution in [0, 0.1) is 5.92 Å². The molecular weight excluding hydrogens is 284 g/mol. The Balaban J connectivity index is 2.74. The molecule has 0 N–H and O–H groups in total. The van der Waals surface area contributed by atoms with Crippen molar-refractivity contribution < 1.29 is 9.53 Å². The molecule has 4 nitrogen and oxygen atoms in total. The van der Waals surface area contributed by atoms with Crippen molar-refractivity contribution in [1.29, 1.82) is 0 Å². The SMILES string of the molecule is CC(C)CN(Cc1cnc(Cl)s1)C(=O)OC(C)(C)C. The molecule has 0 unspecified atom stereocenters. The lowest BCUT2D eigenvalue weighted by Crippen LogP contribution is -2.38. The van der Waals surface area contributed by atoms with Crippen LogP contribution in [0.3, 0.4) is 0 Å². The van der Waals surface area contributed by atoms with Gasteiger partial charge in [-0.15, -0.1) is 11.3 Å². The number of aromatic nitrogens is 1. The Hall–Kier alpha value is -0.810. The number of ether oxygens (including phenoxy) is 1. The van der Waals surface area contributed by atoms with Crippen molar-refractivity contribution in [2.24, 2.45) is 5.92 Å². The van der Waals surface area contributed by atoms with E-state index in [9.17, 15) is 4.79 Å². The number of hydrogen-bond acceptors (Lipinski definition) is 4. The largest absolute Gasteiger partial charge is 0.444 e. The summed E-state index contributed by atoms with van der Waals surface area (Å²) in [6, 6.07) is 0. The topological polar surface area (TPSA) is 42.4 Å². The summed E-state index contributed by atoms with van der Waals surface area (Å²) in [5.74, 6) is 0.371. The van der Waals surface area contributed by atoms with Gasteiger partial charge in [0, 0.05) is 17.6 Å². The highest BCUT2D eigenvalue weighted by molar-refractivity contribution is 7.15. The minimum Gasteiger partial charge on any atom is -0.444 e. The molecule has 0 atom stereocenters. The molecule has 0 fully saturated rings. The van der Waals surface area contributed by atoms with E-state index in [1.54, 1.807) is 11.1 Å². The van der Waals surface area contributed by atoms with Gasteiger partial charge in [0.05, 0.1) is 6.54 Å². The fourth-order valence-electron chi connectivity index (χ4n) is 1.52. The minimum atomic E-state index is -0.488. The lowest BCUT2D eigenvalue weighted by molar-refractivity contribution is 0.0213. The third kappa shape index (κ3) is 6.25. The van der Waals surface area contributed by atoms with E-state index >= 15 is 0 Å². The molecule has 1 aromatic rings. The lowest BCUT2D eigenvalue weighted by atomic mass is 10.2. The summed E-state index contributed by atoms with van der Waals surface area (Å²) in [4.78, 5) is 18.8. The van der Waals surface area contributed by atoms with E-state index in [0.717, 1.165) is 4.88 Å². The van der Waals surface area contributed by atoms with Gasteiger partial charge < -0.3 is 9.64 Å². The lowest BCUT2D eigenvalue weighted by Gasteiger charge is -2.28. The maximum absolute atomic E-state index is 12.2. The summed E-state index contributed by atoms with van der Waals surface area (Å²) in [7, 11) is 0. The molecule has 0 radical (unpaired) electrons. The van der Waals surface area contributed by atoms with E-state index in [4.69, 9.17) is 16.3 Å². The average Bonchev–Trinajstić information content (AvgIpc) is 2.59. The fourth-order valence-corrected chi connectivity index (χ4v) is 2.51. The first-order valence-electron chi connectivity index (χ1n) is 6.25. The number of rotatable bonds is 4. The maximum Gasteiger partial charge on any atom is 0.410 e. The molecule has 1 heterocycles. The highest BCUT2D eigenvalue weighted by Gasteiger charge is 2.23. The molecule has 0 aliphatic heterocycles. The highest BCUT2D eigenvalue weighted by atomic mass is 35.5. The molecular formula is C13H21ClN2O2S. The number of nitrogens with zero attached hydrogens (tertiary/aromatic N) is 2. The van der Waals surface area contributed by atoms with Gasteiger partial charge in [-0.3, -0.25) is 0 Å². The Morgan fingerprint density at radius 2 is 2.16 bits per heavy atom. The van der Waals surface area contributed by atoms with Gasteiger partial charge in [0.25, 0.3) is 0 Å². The predicted molar refractivity (Wildman–Crippen MR) is 78.6 cm³/mol. The Kier molecular flexibility index (Phi) is 5.62. The molecule has 1 rings (SSSR count). The van der Waals surface area contributed by atoms with Gasteiger partial charge in [-0.05, 0) is 26.7 Å². The summed E-state index contributed by atoms with van der Waals surface area (Å²) in [6.45, 7) is 10.8. The van der Waals surface area contributed by atoms with Gasteiger partial charge in [0.15, 0.2) is 4.47 Å². The van der Waals surface area contributed by atoms with Crippen LogP contribution in [0.2, 0.25) is 4.47 Å². The van der Waals surface area contributed by atoms with Crippen molar-refractivity contribution in [2.75, 3.05) is 6.54 Å². The van der Waals surface area contributed by atoms with E-state index in [2.05, 4.69) is 18.8 Å². The van der Waals surface area contributed by atoms with Crippen LogP contribution in [0.25, 0.3) is 0 Å². The number of thiazole rings is 1. The standard InChI is InChI=1S/C13H21ClN2O2S/c1-9(2)7-16(12(17)18-13(3,4)5)8-10-6-15-11(14)19-10/h6,9H,7-8H2,1-5H3. The van der Waals surface area contributed by atoms with Crippen LogP contribution in [0.5, 0.6) is 0 Å². The first-order valence-corrected chi connectivity index (χ1v) is 7.45. The molecule has 0 spiro atoms. The van der Waals surface area contributed by atoms with E-state index in [1.165, 1.54) is 11.3 Å². The molecule has 108 valence electrons. The maximum atomic E-state index is 12.2. The second kappa shape index (κ2) is 6.57. The number of carbonyl (C=O) groups is 1. The molecule has 0 saturated carbocycles. The number of amides is 1. The molecule has 19 heavy (non-hydrogen) atoms. The molecule has 0 aromatic carbocycles. The Labute approximate surface area is 123 Å². The second-order valence-corrected chi connectivity index (χ2v) is 7.53. The van der Waals surface area contributed by atoms with Crippen molar-refractivity contribution in [3.63, 3.8) is 0 Å². The molecule has 1 aromatic heterocycles. The second-order valence-electron chi connectivity index (χ2n) is 5.83. The quantitative estimate of drug-likeness (QED) is 0.837. The normalized spacial score (nSPS) is 11.7. The summed E-state index contributed by atoms with van der Waals surface area (Å²) >= 11 is 7.19. The monoisotopic (exact) mass is 304 g/mol. The summed E-state index contributed by atoms with van der Waals surface area (Å²) in [5, 5.41) is 0. The number of hydrogen-bond donors (Lipinski definition) is 0. The molecule has 0 saturated heterocycles. The van der Waals surface area contributed by atoms with Gasteiger partial charge in [-0.25, -0.2) is 9.78 Å². The zero-order chi connectivity index (χ0) is 14.6. The zero-order valence-corrected chi connectivity index (χ0v) is 13.6. The average molecular weight is 305 g/mol. The molecule has 0 aliphatic rings. The summed E-state index contributed by atoms with van der Waals surface area (Å²) in [5.41, 5.74) is -0.488. The van der Waals surface area contributed by atoms with Crippen LogP contribution in [0.4, 0.5) is 4.79 Å². The van der Waals surface area contributed by atoms with Crippen molar-refractivity contribution in [1.82, 2.24) is 9.88 Å². The van der Waals surface area contributed by atoms with Crippen molar-refractivity contribution in [2.45, 2.75) is 46.8 Å². The van der Waals surface area contributed by atoms with Gasteiger partial charge in [0.1, 0.15) is 5.60 Å². The first kappa shape index (κ1) is 16.2. The van der Waals surface area contributed by atoms with Crippen LogP contribution in [0.15, 0.2) is 6.20 Å². The Bertz CT molecular complexity index is 427. The smallest absolute Gasteiger partial charge is 0.410 e. The summed E-state index contributed by atoms with van der Waals surface area (Å²) in [6.07, 6.45) is 1.40. The zero-order valence-electron chi connectivity index (χ0n) is 12.1. The first-order chi connectivity index (χ1) is 8.67. The van der Waals surface area contributed by atoms with E-state index < -0.39 is 5.60 Å². The number of carbonyl (C=O) groups excluding carboxylic acids is 1. The predicted octanol–water partition coefficient (Wildman–Crippen LogP) is 4.19. The van der Waals surface area contributed by atoms with Crippen LogP contribution < -0.4 is 0 Å². The van der Waals surface area contributed by atoms with Gasteiger partial charge >= 0.3 is 6.09 Å². The van der Waals surface area contributed by atoms with E-state index in [1.807, 2.05) is 20.8 Å². The Morgan fingerprint density at radius 3 is 2.58 bits per heavy atom. The van der Waals surface area contributed by atoms with Crippen LogP contribution in [-0.2, 0) is 11.3 Å². The van der Waals surface area contributed by atoms with Gasteiger partial charge in [-0.2, -0.15) is 0 Å². The van der Waals surface area contributed by atoms with Crippen molar-refractivity contribution in [3.05, 3.63) is 15.5 Å². The van der Waals surface area contributed by atoms with Gasteiger partial charge in [0.2, 0.25) is 0 Å². The third-order valence-corrected chi connectivity index (χ3v) is 3.21. The van der Waals surface area contributed by atoms with Gasteiger partial charge in [-0.1, -0.05) is 25.4 Å². The highest BCUT2D eigenvalue weighted by Crippen LogP contribution is 2.21. The van der Waals surface area contributed by atoms with Crippen molar-refractivity contribution in [3.8, 4) is 0 Å². The summed E-state index contributed by atoms with van der Waals surface area (Å²) < 4.78 is 5.91. The molecule has 1 amide bonds. The fraction of sp³-hybridized carbons (Fsp3) is 0.692. The van der Waals surface area contributed by atoms with Crippen LogP contribution in [0.1, 0.15) is 39.5 Å². The van der Waals surface area contributed by atoms with Crippen LogP contribution in [-0.4, -0.2) is 28.1 Å². The molecule has 0 bridgehead atoms. The molecule has 0 aliphatic carbocycles.